The molecular weight excluding hydrogens is 192 g/mol. The second-order valence-electron chi connectivity index (χ2n) is 0.447. The summed E-state index contributed by atoms with van der Waals surface area (Å²) in [5.74, 6) is 0. The molecule has 0 aliphatic carbocycles. The molecule has 0 aromatic rings. The Labute approximate surface area is 53.6 Å². The van der Waals surface area contributed by atoms with Crippen LogP contribution >= 0.6 is 7.82 Å². The van der Waals surface area contributed by atoms with Crippen molar-refractivity contribution in [3.8, 4) is 0 Å². The van der Waals surface area contributed by atoms with Crippen molar-refractivity contribution in [2.24, 2.45) is 0 Å². The molecule has 0 spiro atoms. The van der Waals surface area contributed by atoms with E-state index in [0.717, 1.165) is 0 Å². The molecular formula is F2NiO4P. The van der Waals surface area contributed by atoms with E-state index < -0.39 is 7.82 Å². The molecule has 0 heterocycles. The standard InChI is InChI=1S/F2.Ni.H3O4P/c1-2;;1-5(2,3)4/h;;(H3,1,2,3,4)/q;+3;/p-3. The first-order valence-corrected chi connectivity index (χ1v) is 2.33. The average molecular weight is 192 g/mol. The van der Waals surface area contributed by atoms with Crippen LogP contribution in [0.4, 0.5) is 9.15 Å². The average Bonchev–Trinajstić information content (AvgIpc) is 1.36. The van der Waals surface area contributed by atoms with Gasteiger partial charge in [-0.15, -0.1) is 0 Å². The van der Waals surface area contributed by atoms with Gasteiger partial charge in [0.15, 0.2) is 0 Å². The predicted octanol–water partition coefficient (Wildman–Crippen LogP) is -1.99. The van der Waals surface area contributed by atoms with Crippen molar-refractivity contribution in [2.75, 3.05) is 0 Å². The molecule has 4 nitrogen and oxygen atoms in total. The Balaban J connectivity index is -0.0000000750. The summed E-state index contributed by atoms with van der Waals surface area (Å²) in [6, 6.07) is 0. The van der Waals surface area contributed by atoms with Gasteiger partial charge in [-0.3, -0.25) is 0 Å². The summed E-state index contributed by atoms with van der Waals surface area (Å²) in [6.07, 6.45) is 0. The first-order valence-electron chi connectivity index (χ1n) is 0.873. The van der Waals surface area contributed by atoms with Crippen LogP contribution < -0.4 is 14.7 Å². The van der Waals surface area contributed by atoms with Gasteiger partial charge in [0.1, 0.15) is 0 Å². The van der Waals surface area contributed by atoms with Gasteiger partial charge in [0.25, 0.3) is 0 Å². The maximum absolute atomic E-state index is 8.55. The summed E-state index contributed by atoms with van der Waals surface area (Å²) in [5.41, 5.74) is 0. The first kappa shape index (κ1) is 15.8. The van der Waals surface area contributed by atoms with Crippen LogP contribution in [-0.2, 0) is 21.1 Å². The van der Waals surface area contributed by atoms with E-state index >= 15 is 0 Å². The summed E-state index contributed by atoms with van der Waals surface area (Å²) in [4.78, 5) is 25.6. The van der Waals surface area contributed by atoms with Gasteiger partial charge in [-0.05, 0) is 0 Å². The van der Waals surface area contributed by atoms with Crippen molar-refractivity contribution in [3.05, 3.63) is 0 Å². The quantitative estimate of drug-likeness (QED) is 0.328. The summed E-state index contributed by atoms with van der Waals surface area (Å²) >= 11 is 0. The minimum absolute atomic E-state index is 0. The number of hydrogen-bond acceptors (Lipinski definition) is 4. The zero-order valence-electron chi connectivity index (χ0n) is 3.15. The van der Waals surface area contributed by atoms with E-state index in [2.05, 4.69) is 0 Å². The third-order valence-corrected chi connectivity index (χ3v) is 0. The van der Waals surface area contributed by atoms with Gasteiger partial charge in [0.05, 0.1) is 0 Å². The van der Waals surface area contributed by atoms with Crippen molar-refractivity contribution < 1.29 is 44.9 Å². The summed E-state index contributed by atoms with van der Waals surface area (Å²) < 4.78 is 24.5. The Morgan fingerprint density at radius 2 is 1.12 bits per heavy atom. The Morgan fingerprint density at radius 1 is 1.12 bits per heavy atom. The van der Waals surface area contributed by atoms with Crippen LogP contribution in [0, 0.1) is 0 Å². The summed E-state index contributed by atoms with van der Waals surface area (Å²) in [7, 11) is -5.39. The molecule has 1 radical (unpaired) electrons. The minimum atomic E-state index is -5.39. The molecule has 0 amide bonds. The fraction of sp³-hybridized carbons (Fsp3) is 0. The Bertz CT molecular complexity index is 60.2. The molecule has 0 aromatic carbocycles. The fourth-order valence-corrected chi connectivity index (χ4v) is 0. The molecule has 0 saturated carbocycles. The number of halogens is 2. The van der Waals surface area contributed by atoms with Gasteiger partial charge in [-0.2, -0.15) is 7.82 Å². The predicted molar refractivity (Wildman–Crippen MR) is 9.82 cm³/mol. The molecule has 8 heavy (non-hydrogen) atoms. The monoisotopic (exact) mass is 191 g/mol. The van der Waals surface area contributed by atoms with Crippen LogP contribution in [0.3, 0.4) is 0 Å². The zero-order chi connectivity index (χ0) is 6.50. The van der Waals surface area contributed by atoms with Gasteiger partial charge >= 0.3 is 16.5 Å². The van der Waals surface area contributed by atoms with Crippen LogP contribution in [0.2, 0.25) is 0 Å². The maximum atomic E-state index is 8.55. The third kappa shape index (κ3) is 898. The van der Waals surface area contributed by atoms with E-state index in [4.69, 9.17) is 28.4 Å². The van der Waals surface area contributed by atoms with Crippen molar-refractivity contribution in [2.45, 2.75) is 0 Å². The van der Waals surface area contributed by atoms with Crippen LogP contribution in [0.25, 0.3) is 0 Å². The molecule has 0 bridgehead atoms. The van der Waals surface area contributed by atoms with Crippen LogP contribution in [0.5, 0.6) is 0 Å². The van der Waals surface area contributed by atoms with Crippen molar-refractivity contribution in [1.82, 2.24) is 0 Å². The van der Waals surface area contributed by atoms with Crippen molar-refractivity contribution in [3.63, 3.8) is 0 Å². The molecule has 8 heteroatoms. The molecule has 0 rings (SSSR count). The molecule has 53 valence electrons. The fourth-order valence-electron chi connectivity index (χ4n) is 0. The molecule has 0 N–H and O–H groups in total. The van der Waals surface area contributed by atoms with E-state index in [0.29, 0.717) is 0 Å². The van der Waals surface area contributed by atoms with Gasteiger partial charge in [0.2, 0.25) is 0 Å². The van der Waals surface area contributed by atoms with Gasteiger partial charge in [-0.25, -0.2) is 0 Å². The van der Waals surface area contributed by atoms with E-state index in [1.807, 2.05) is 0 Å². The minimum Gasteiger partial charge on any atom is -0.822 e. The number of phosphoric acid groups is 1. The summed E-state index contributed by atoms with van der Waals surface area (Å²) in [6.45, 7) is 0. The molecule has 0 fully saturated rings. The Kier molecular flexibility index (Phi) is 14.7. The van der Waals surface area contributed by atoms with Crippen molar-refractivity contribution in [1.29, 1.82) is 0 Å². The first-order chi connectivity index (χ1) is 3.00. The Hall–Kier alpha value is 0.464. The smallest absolute Gasteiger partial charge is 0.822 e. The van der Waals surface area contributed by atoms with Gasteiger partial charge in [0, 0.05) is 9.15 Å². The second-order valence-corrected chi connectivity index (χ2v) is 1.34. The van der Waals surface area contributed by atoms with E-state index in [9.17, 15) is 0 Å². The van der Waals surface area contributed by atoms with E-state index in [-0.39, 0.29) is 16.5 Å². The summed E-state index contributed by atoms with van der Waals surface area (Å²) in [5, 5.41) is 0. The number of hydrogen-bond donors (Lipinski definition) is 0. The third-order valence-electron chi connectivity index (χ3n) is 0. The molecule has 0 saturated heterocycles. The zero-order valence-corrected chi connectivity index (χ0v) is 5.03. The van der Waals surface area contributed by atoms with Crippen LogP contribution in [0.15, 0.2) is 0 Å². The normalized spacial score (nSPS) is 8.12. The van der Waals surface area contributed by atoms with E-state index in [1.165, 1.54) is 0 Å². The molecule has 0 aliphatic rings. The SMILES string of the molecule is FF.O=P([O-])([O-])[O-].[Ni+3]. The van der Waals surface area contributed by atoms with E-state index in [1.54, 1.807) is 0 Å². The molecule has 0 aromatic heterocycles. The topological polar surface area (TPSA) is 86.2 Å². The molecule has 0 atom stereocenters. The maximum Gasteiger partial charge on any atom is 3.00 e. The van der Waals surface area contributed by atoms with Gasteiger partial charge in [-0.1, -0.05) is 0 Å². The number of rotatable bonds is 0. The second kappa shape index (κ2) is 7.46. The van der Waals surface area contributed by atoms with Crippen LogP contribution in [-0.4, -0.2) is 0 Å². The van der Waals surface area contributed by atoms with Crippen molar-refractivity contribution >= 4 is 7.82 Å². The largest absolute Gasteiger partial charge is 3.00 e. The molecule has 0 unspecified atom stereocenters. The molecule has 0 aliphatic heterocycles. The van der Waals surface area contributed by atoms with Crippen LogP contribution in [0.1, 0.15) is 0 Å². The Morgan fingerprint density at radius 3 is 1.12 bits per heavy atom. The van der Waals surface area contributed by atoms with Gasteiger partial charge < -0.3 is 19.2 Å².